The van der Waals surface area contributed by atoms with E-state index in [9.17, 15) is 9.59 Å². The summed E-state index contributed by atoms with van der Waals surface area (Å²) >= 11 is 0. The lowest BCUT2D eigenvalue weighted by Gasteiger charge is -2.18. The summed E-state index contributed by atoms with van der Waals surface area (Å²) in [6.45, 7) is 1.11. The summed E-state index contributed by atoms with van der Waals surface area (Å²) < 4.78 is 22.4. The van der Waals surface area contributed by atoms with Crippen molar-refractivity contribution in [3.05, 3.63) is 24.3 Å². The van der Waals surface area contributed by atoms with Crippen molar-refractivity contribution in [3.8, 4) is 11.5 Å². The van der Waals surface area contributed by atoms with Crippen LogP contribution in [-0.2, 0) is 19.1 Å². The van der Waals surface area contributed by atoms with Crippen molar-refractivity contribution in [2.24, 2.45) is 11.8 Å². The van der Waals surface area contributed by atoms with E-state index in [0.29, 0.717) is 24.7 Å². The van der Waals surface area contributed by atoms with Gasteiger partial charge in [0, 0.05) is 6.07 Å². The number of hydrogen-bond donors (Lipinski definition) is 0. The molecule has 0 aromatic heterocycles. The molecule has 0 radical (unpaired) electrons. The van der Waals surface area contributed by atoms with Gasteiger partial charge < -0.3 is 18.9 Å². The quantitative estimate of drug-likeness (QED) is 0.295. The van der Waals surface area contributed by atoms with Crippen LogP contribution in [0, 0.1) is 11.8 Å². The lowest BCUT2D eigenvalue weighted by atomic mass is 9.91. The summed E-state index contributed by atoms with van der Waals surface area (Å²) in [5.74, 6) is 1.22. The van der Waals surface area contributed by atoms with Gasteiger partial charge in [-0.2, -0.15) is 0 Å². The molecular formula is C28H42O6. The predicted molar refractivity (Wildman–Crippen MR) is 131 cm³/mol. The molecule has 0 bridgehead atoms. The minimum atomic E-state index is -0.0865. The monoisotopic (exact) mass is 474 g/mol. The first-order chi connectivity index (χ1) is 16.7. The van der Waals surface area contributed by atoms with E-state index in [0.717, 1.165) is 51.4 Å². The molecule has 0 aliphatic heterocycles. The summed E-state index contributed by atoms with van der Waals surface area (Å²) in [6.07, 6.45) is 15.6. The zero-order valence-corrected chi connectivity index (χ0v) is 20.6. The molecule has 0 heterocycles. The summed E-state index contributed by atoms with van der Waals surface area (Å²) in [7, 11) is 0. The van der Waals surface area contributed by atoms with Crippen LogP contribution in [0.2, 0.25) is 0 Å². The minimum absolute atomic E-state index is 0.0400. The van der Waals surface area contributed by atoms with Crippen molar-refractivity contribution in [1.29, 1.82) is 0 Å². The average molecular weight is 475 g/mol. The van der Waals surface area contributed by atoms with E-state index in [1.165, 1.54) is 38.5 Å². The molecule has 0 spiro atoms. The van der Waals surface area contributed by atoms with Crippen LogP contribution in [0.4, 0.5) is 0 Å². The highest BCUT2D eigenvalue weighted by molar-refractivity contribution is 5.72. The van der Waals surface area contributed by atoms with Crippen LogP contribution in [0.15, 0.2) is 24.3 Å². The molecule has 1 aromatic carbocycles. The maximum Gasteiger partial charge on any atom is 0.309 e. The summed E-state index contributed by atoms with van der Waals surface area (Å²) in [6, 6.07) is 7.34. The van der Waals surface area contributed by atoms with Crippen LogP contribution >= 0.6 is 0 Å². The number of ether oxygens (including phenoxy) is 4. The second-order valence-corrected chi connectivity index (χ2v) is 9.59. The number of hydrogen-bond acceptors (Lipinski definition) is 6. The van der Waals surface area contributed by atoms with E-state index in [1.807, 2.05) is 18.2 Å². The van der Waals surface area contributed by atoms with E-state index in [2.05, 4.69) is 0 Å². The van der Waals surface area contributed by atoms with E-state index < -0.39 is 0 Å². The molecule has 0 N–H and O–H groups in total. The third-order valence-electron chi connectivity index (χ3n) is 6.88. The highest BCUT2D eigenvalue weighted by Crippen LogP contribution is 2.25. The summed E-state index contributed by atoms with van der Waals surface area (Å²) in [4.78, 5) is 24.6. The number of benzene rings is 1. The number of esters is 2. The molecule has 2 saturated carbocycles. The largest absolute Gasteiger partial charge is 0.490 e. The molecule has 34 heavy (non-hydrogen) atoms. The fraction of sp³-hybridized carbons (Fsp3) is 0.714. The van der Waals surface area contributed by atoms with E-state index in [1.54, 1.807) is 6.07 Å². The van der Waals surface area contributed by atoms with Crippen molar-refractivity contribution in [2.45, 2.75) is 89.9 Å². The molecule has 0 unspecified atom stereocenters. The van der Waals surface area contributed by atoms with Gasteiger partial charge in [-0.15, -0.1) is 0 Å². The Hall–Kier alpha value is -2.24. The van der Waals surface area contributed by atoms with Gasteiger partial charge in [0.15, 0.2) is 0 Å². The fourth-order valence-corrected chi connectivity index (χ4v) is 4.88. The van der Waals surface area contributed by atoms with E-state index >= 15 is 0 Å². The molecule has 2 aliphatic rings. The van der Waals surface area contributed by atoms with Gasteiger partial charge in [-0.1, -0.05) is 70.3 Å². The SMILES string of the molecule is O=C(OCCOc1cccc(OCCOC(=O)C2CCCCCCC2)c1)C1CCCCCCC1. The van der Waals surface area contributed by atoms with Crippen LogP contribution < -0.4 is 9.47 Å². The first kappa shape index (κ1) is 26.4. The molecular weight excluding hydrogens is 432 g/mol. The normalized spacial score (nSPS) is 18.6. The molecule has 3 rings (SSSR count). The standard InChI is InChI=1S/C28H42O6/c29-27(23-12-7-3-1-4-8-13-23)33-20-18-31-25-16-11-17-26(22-25)32-19-21-34-28(30)24-14-9-5-2-6-10-15-24/h11,16-17,22-24H,1-10,12-15,18-21H2. The molecule has 2 fully saturated rings. The van der Waals surface area contributed by atoms with Crippen molar-refractivity contribution < 1.29 is 28.5 Å². The maximum absolute atomic E-state index is 12.3. The smallest absolute Gasteiger partial charge is 0.309 e. The minimum Gasteiger partial charge on any atom is -0.490 e. The van der Waals surface area contributed by atoms with Crippen molar-refractivity contribution in [2.75, 3.05) is 26.4 Å². The first-order valence-electron chi connectivity index (χ1n) is 13.4. The Balaban J connectivity index is 1.29. The third kappa shape index (κ3) is 9.94. The van der Waals surface area contributed by atoms with Gasteiger partial charge in [0.05, 0.1) is 11.8 Å². The Kier molecular flexibility index (Phi) is 12.1. The van der Waals surface area contributed by atoms with Gasteiger partial charge in [-0.3, -0.25) is 9.59 Å². The second-order valence-electron chi connectivity index (χ2n) is 9.59. The van der Waals surface area contributed by atoms with Crippen LogP contribution in [0.3, 0.4) is 0 Å². The first-order valence-corrected chi connectivity index (χ1v) is 13.4. The van der Waals surface area contributed by atoms with Gasteiger partial charge in [0.25, 0.3) is 0 Å². The van der Waals surface area contributed by atoms with Crippen LogP contribution in [0.1, 0.15) is 89.9 Å². The van der Waals surface area contributed by atoms with Gasteiger partial charge >= 0.3 is 11.9 Å². The molecule has 6 heteroatoms. The highest BCUT2D eigenvalue weighted by Gasteiger charge is 2.21. The zero-order valence-electron chi connectivity index (χ0n) is 20.6. The Morgan fingerprint density at radius 3 is 1.38 bits per heavy atom. The average Bonchev–Trinajstić information content (AvgIpc) is 2.79. The lowest BCUT2D eigenvalue weighted by molar-refractivity contribution is -0.150. The molecule has 6 nitrogen and oxygen atoms in total. The molecule has 190 valence electrons. The number of carbonyl (C=O) groups excluding carboxylic acids is 2. The van der Waals surface area contributed by atoms with Crippen molar-refractivity contribution >= 4 is 11.9 Å². The zero-order chi connectivity index (χ0) is 23.8. The molecule has 2 aliphatic carbocycles. The van der Waals surface area contributed by atoms with Gasteiger partial charge in [-0.25, -0.2) is 0 Å². The topological polar surface area (TPSA) is 71.1 Å². The predicted octanol–water partition coefficient (Wildman–Crippen LogP) is 6.25. The van der Waals surface area contributed by atoms with Gasteiger partial charge in [-0.05, 0) is 37.8 Å². The van der Waals surface area contributed by atoms with Crippen LogP contribution in [0.25, 0.3) is 0 Å². The lowest BCUT2D eigenvalue weighted by Crippen LogP contribution is -2.21. The van der Waals surface area contributed by atoms with Crippen LogP contribution in [-0.4, -0.2) is 38.4 Å². The Morgan fingerprint density at radius 2 is 0.971 bits per heavy atom. The molecule has 0 saturated heterocycles. The van der Waals surface area contributed by atoms with Gasteiger partial charge in [0.2, 0.25) is 0 Å². The fourth-order valence-electron chi connectivity index (χ4n) is 4.88. The van der Waals surface area contributed by atoms with E-state index in [-0.39, 0.29) is 37.0 Å². The van der Waals surface area contributed by atoms with E-state index in [4.69, 9.17) is 18.9 Å². The Bertz CT molecular complexity index is 660. The Labute approximate surface area is 204 Å². The van der Waals surface area contributed by atoms with Crippen molar-refractivity contribution in [1.82, 2.24) is 0 Å². The molecule has 0 amide bonds. The second kappa shape index (κ2) is 15.6. The van der Waals surface area contributed by atoms with Gasteiger partial charge in [0.1, 0.15) is 37.9 Å². The number of carbonyl (C=O) groups is 2. The summed E-state index contributed by atoms with van der Waals surface area (Å²) in [5.41, 5.74) is 0. The molecule has 1 aromatic rings. The van der Waals surface area contributed by atoms with Crippen LogP contribution in [0.5, 0.6) is 11.5 Å². The maximum atomic E-state index is 12.3. The Morgan fingerprint density at radius 1 is 0.588 bits per heavy atom. The third-order valence-corrected chi connectivity index (χ3v) is 6.88. The highest BCUT2D eigenvalue weighted by atomic mass is 16.6. The summed E-state index contributed by atoms with van der Waals surface area (Å²) in [5, 5.41) is 0. The van der Waals surface area contributed by atoms with Crippen molar-refractivity contribution in [3.63, 3.8) is 0 Å². The molecule has 0 atom stereocenters. The number of rotatable bonds is 10.